The van der Waals surface area contributed by atoms with Crippen LogP contribution < -0.4 is 0 Å². The Morgan fingerprint density at radius 3 is 2.50 bits per heavy atom. The molecule has 0 saturated heterocycles. The zero-order chi connectivity index (χ0) is 15.5. The van der Waals surface area contributed by atoms with Gasteiger partial charge in [0.15, 0.2) is 0 Å². The van der Waals surface area contributed by atoms with Crippen molar-refractivity contribution in [3.05, 3.63) is 16.1 Å². The van der Waals surface area contributed by atoms with Crippen LogP contribution in [0.3, 0.4) is 0 Å². The van der Waals surface area contributed by atoms with E-state index in [4.69, 9.17) is 0 Å². The van der Waals surface area contributed by atoms with Gasteiger partial charge in [0, 0.05) is 18.3 Å². The van der Waals surface area contributed by atoms with Crippen molar-refractivity contribution >= 4 is 23.2 Å². The number of amides is 1. The van der Waals surface area contributed by atoms with Crippen LogP contribution in [0.15, 0.2) is 5.51 Å². The Bertz CT molecular complexity index is 498. The average Bonchev–Trinajstić information content (AvgIpc) is 2.74. The number of aryl methyl sites for hydroxylation is 1. The van der Waals surface area contributed by atoms with Crippen LogP contribution in [0.4, 0.5) is 0 Å². The largest absolute Gasteiger partial charge is 0.481 e. The van der Waals surface area contributed by atoms with Crippen molar-refractivity contribution in [1.29, 1.82) is 0 Å². The first-order valence-electron chi connectivity index (χ1n) is 6.54. The third-order valence-electron chi connectivity index (χ3n) is 3.93. The van der Waals surface area contributed by atoms with Crippen LogP contribution in [-0.4, -0.2) is 33.9 Å². The minimum atomic E-state index is -1.03. The van der Waals surface area contributed by atoms with Gasteiger partial charge in [0.1, 0.15) is 0 Å². The van der Waals surface area contributed by atoms with Gasteiger partial charge in [-0.1, -0.05) is 13.8 Å². The predicted octanol–water partition coefficient (Wildman–Crippen LogP) is 2.55. The Kier molecular flexibility index (Phi) is 5.28. The van der Waals surface area contributed by atoms with E-state index in [1.165, 1.54) is 11.3 Å². The van der Waals surface area contributed by atoms with Crippen molar-refractivity contribution in [1.82, 2.24) is 9.88 Å². The SMILES string of the molecule is Cc1ncsc1CN(C)C(=O)CC(C)(C(=O)O)C(C)C. The number of carboxylic acids is 1. The monoisotopic (exact) mass is 298 g/mol. The van der Waals surface area contributed by atoms with E-state index in [1.807, 2.05) is 20.8 Å². The number of hydrogen-bond acceptors (Lipinski definition) is 4. The number of rotatable bonds is 6. The summed E-state index contributed by atoms with van der Waals surface area (Å²) in [5.41, 5.74) is 1.63. The summed E-state index contributed by atoms with van der Waals surface area (Å²) in [5, 5.41) is 9.36. The maximum absolute atomic E-state index is 12.3. The molecule has 0 fully saturated rings. The molecule has 0 aliphatic carbocycles. The lowest BCUT2D eigenvalue weighted by molar-refractivity contribution is -0.155. The van der Waals surface area contributed by atoms with Crippen LogP contribution in [0.25, 0.3) is 0 Å². The summed E-state index contributed by atoms with van der Waals surface area (Å²) in [4.78, 5) is 30.4. The highest BCUT2D eigenvalue weighted by atomic mass is 32.1. The molecule has 0 radical (unpaired) electrons. The first-order valence-corrected chi connectivity index (χ1v) is 7.42. The Hall–Kier alpha value is -1.43. The Balaban J connectivity index is 2.75. The lowest BCUT2D eigenvalue weighted by Gasteiger charge is -2.30. The molecule has 112 valence electrons. The lowest BCUT2D eigenvalue weighted by Crippen LogP contribution is -2.39. The number of aliphatic carboxylic acids is 1. The summed E-state index contributed by atoms with van der Waals surface area (Å²) in [6, 6.07) is 0. The van der Waals surface area contributed by atoms with Crippen molar-refractivity contribution in [2.75, 3.05) is 7.05 Å². The highest BCUT2D eigenvalue weighted by Gasteiger charge is 2.39. The molecule has 0 saturated carbocycles. The molecule has 0 spiro atoms. The number of nitrogens with zero attached hydrogens (tertiary/aromatic N) is 2. The van der Waals surface area contributed by atoms with E-state index in [0.717, 1.165) is 10.6 Å². The van der Waals surface area contributed by atoms with Gasteiger partial charge < -0.3 is 10.0 Å². The molecule has 6 heteroatoms. The fourth-order valence-corrected chi connectivity index (χ4v) is 2.59. The van der Waals surface area contributed by atoms with E-state index in [0.29, 0.717) is 6.54 Å². The molecule has 1 rings (SSSR count). The first kappa shape index (κ1) is 16.6. The van der Waals surface area contributed by atoms with Crippen molar-refractivity contribution in [2.24, 2.45) is 11.3 Å². The van der Waals surface area contributed by atoms with E-state index in [2.05, 4.69) is 4.98 Å². The summed E-state index contributed by atoms with van der Waals surface area (Å²) >= 11 is 1.50. The van der Waals surface area contributed by atoms with Gasteiger partial charge in [0.2, 0.25) is 5.91 Å². The average molecular weight is 298 g/mol. The van der Waals surface area contributed by atoms with Crippen LogP contribution in [0.1, 0.15) is 37.8 Å². The van der Waals surface area contributed by atoms with Gasteiger partial charge in [-0.3, -0.25) is 9.59 Å². The summed E-state index contributed by atoms with van der Waals surface area (Å²) in [7, 11) is 1.70. The molecule has 1 N–H and O–H groups in total. The minimum absolute atomic E-state index is 0.00829. The van der Waals surface area contributed by atoms with Crippen molar-refractivity contribution in [3.8, 4) is 0 Å². The topological polar surface area (TPSA) is 70.5 Å². The number of carbonyl (C=O) groups is 2. The van der Waals surface area contributed by atoms with Crippen molar-refractivity contribution in [3.63, 3.8) is 0 Å². The molecule has 0 bridgehead atoms. The second kappa shape index (κ2) is 6.35. The zero-order valence-corrected chi connectivity index (χ0v) is 13.5. The smallest absolute Gasteiger partial charge is 0.310 e. The Morgan fingerprint density at radius 2 is 2.10 bits per heavy atom. The number of hydrogen-bond donors (Lipinski definition) is 1. The van der Waals surface area contributed by atoms with Crippen molar-refractivity contribution in [2.45, 2.75) is 40.7 Å². The molecule has 1 amide bonds. The summed E-state index contributed by atoms with van der Waals surface area (Å²) < 4.78 is 0. The van der Waals surface area contributed by atoms with E-state index < -0.39 is 11.4 Å². The van der Waals surface area contributed by atoms with Gasteiger partial charge in [0.05, 0.1) is 23.2 Å². The summed E-state index contributed by atoms with van der Waals surface area (Å²) in [5.74, 6) is -1.19. The molecule has 1 unspecified atom stereocenters. The summed E-state index contributed by atoms with van der Waals surface area (Å²) in [6.07, 6.45) is 0.00829. The molecule has 0 aliphatic rings. The van der Waals surface area contributed by atoms with E-state index >= 15 is 0 Å². The zero-order valence-electron chi connectivity index (χ0n) is 12.6. The number of aromatic nitrogens is 1. The second-order valence-corrected chi connectivity index (χ2v) is 6.60. The van der Waals surface area contributed by atoms with Crippen LogP contribution in [0.5, 0.6) is 0 Å². The third kappa shape index (κ3) is 3.56. The maximum Gasteiger partial charge on any atom is 0.310 e. The molecular weight excluding hydrogens is 276 g/mol. The van der Waals surface area contributed by atoms with Gasteiger partial charge in [-0.05, 0) is 19.8 Å². The van der Waals surface area contributed by atoms with Crippen LogP contribution in [0.2, 0.25) is 0 Å². The lowest BCUT2D eigenvalue weighted by atomic mass is 9.76. The minimum Gasteiger partial charge on any atom is -0.481 e. The van der Waals surface area contributed by atoms with E-state index in [9.17, 15) is 14.7 Å². The third-order valence-corrected chi connectivity index (χ3v) is 4.85. The fourth-order valence-electron chi connectivity index (χ4n) is 1.76. The molecule has 0 aromatic carbocycles. The number of carbonyl (C=O) groups excluding carboxylic acids is 1. The molecular formula is C14H22N2O3S. The van der Waals surface area contributed by atoms with Crippen LogP contribution in [-0.2, 0) is 16.1 Å². The molecule has 0 aliphatic heterocycles. The summed E-state index contributed by atoms with van der Waals surface area (Å²) in [6.45, 7) is 7.66. The van der Waals surface area contributed by atoms with Gasteiger partial charge in [0.25, 0.3) is 0 Å². The van der Waals surface area contributed by atoms with Crippen molar-refractivity contribution < 1.29 is 14.7 Å². The molecule has 5 nitrogen and oxygen atoms in total. The second-order valence-electron chi connectivity index (χ2n) is 5.66. The Labute approximate surface area is 123 Å². The molecule has 1 atom stereocenters. The fraction of sp³-hybridized carbons (Fsp3) is 0.643. The number of carboxylic acid groups (broad SMARTS) is 1. The van der Waals surface area contributed by atoms with Gasteiger partial charge in [-0.15, -0.1) is 11.3 Å². The standard InChI is InChI=1S/C14H22N2O3S/c1-9(2)14(4,13(18)19)6-12(17)16(5)7-11-10(3)15-8-20-11/h8-9H,6-7H2,1-5H3,(H,18,19). The van der Waals surface area contributed by atoms with Gasteiger partial charge >= 0.3 is 5.97 Å². The molecule has 1 aromatic heterocycles. The van der Waals surface area contributed by atoms with E-state index in [-0.39, 0.29) is 18.2 Å². The predicted molar refractivity (Wildman–Crippen MR) is 78.5 cm³/mol. The van der Waals surface area contributed by atoms with Crippen LogP contribution in [0, 0.1) is 18.3 Å². The number of thiazole rings is 1. The molecule has 1 aromatic rings. The molecule has 20 heavy (non-hydrogen) atoms. The van der Waals surface area contributed by atoms with Gasteiger partial charge in [-0.2, -0.15) is 0 Å². The van der Waals surface area contributed by atoms with Crippen LogP contribution >= 0.6 is 11.3 Å². The highest BCUT2D eigenvalue weighted by Crippen LogP contribution is 2.32. The van der Waals surface area contributed by atoms with Gasteiger partial charge in [-0.25, -0.2) is 4.98 Å². The maximum atomic E-state index is 12.3. The van der Waals surface area contributed by atoms with E-state index in [1.54, 1.807) is 24.4 Å². The molecule has 1 heterocycles. The highest BCUT2D eigenvalue weighted by molar-refractivity contribution is 7.09. The Morgan fingerprint density at radius 1 is 1.50 bits per heavy atom. The quantitative estimate of drug-likeness (QED) is 0.876. The first-order chi connectivity index (χ1) is 9.18. The normalized spacial score (nSPS) is 14.1.